The quantitative estimate of drug-likeness (QED) is 0.751. The van der Waals surface area contributed by atoms with E-state index in [0.29, 0.717) is 12.1 Å². The van der Waals surface area contributed by atoms with E-state index in [1.807, 2.05) is 13.8 Å². The van der Waals surface area contributed by atoms with Crippen molar-refractivity contribution in [1.82, 2.24) is 10.2 Å². The third-order valence-corrected chi connectivity index (χ3v) is 4.03. The van der Waals surface area contributed by atoms with E-state index in [1.165, 1.54) is 11.0 Å². The summed E-state index contributed by atoms with van der Waals surface area (Å²) >= 11 is 3.28. The van der Waals surface area contributed by atoms with Gasteiger partial charge in [-0.3, -0.25) is 9.59 Å². The van der Waals surface area contributed by atoms with E-state index in [-0.39, 0.29) is 36.6 Å². The molecule has 0 aliphatic rings. The molecule has 1 rings (SSSR count). The minimum Gasteiger partial charge on any atom is -0.346 e. The molecule has 23 heavy (non-hydrogen) atoms. The summed E-state index contributed by atoms with van der Waals surface area (Å²) in [6.07, 6.45) is 0. The van der Waals surface area contributed by atoms with Gasteiger partial charge in [0.2, 0.25) is 11.8 Å². The summed E-state index contributed by atoms with van der Waals surface area (Å²) < 4.78 is 14.5. The average molecular weight is 388 g/mol. The van der Waals surface area contributed by atoms with Crippen LogP contribution in [0.25, 0.3) is 0 Å². The van der Waals surface area contributed by atoms with Crippen molar-refractivity contribution in [2.24, 2.45) is 11.7 Å². The number of halogens is 2. The fourth-order valence-corrected chi connectivity index (χ4v) is 2.35. The van der Waals surface area contributed by atoms with Crippen LogP contribution in [0.4, 0.5) is 4.39 Å². The second-order valence-corrected chi connectivity index (χ2v) is 6.55. The number of carbonyl (C=O) groups excluding carboxylic acids is 2. The van der Waals surface area contributed by atoms with Gasteiger partial charge in [-0.1, -0.05) is 29.8 Å². The maximum Gasteiger partial charge on any atom is 0.242 e. The zero-order valence-corrected chi connectivity index (χ0v) is 15.2. The van der Waals surface area contributed by atoms with Gasteiger partial charge in [0.15, 0.2) is 0 Å². The van der Waals surface area contributed by atoms with Crippen molar-refractivity contribution in [2.75, 3.05) is 13.1 Å². The van der Waals surface area contributed by atoms with Crippen LogP contribution in [-0.4, -0.2) is 35.8 Å². The fraction of sp³-hybridized carbons (Fsp3) is 0.500. The van der Waals surface area contributed by atoms with Gasteiger partial charge in [0.1, 0.15) is 5.82 Å². The number of nitrogens with two attached hydrogens (primary N) is 1. The van der Waals surface area contributed by atoms with Crippen molar-refractivity contribution in [3.05, 3.63) is 34.1 Å². The van der Waals surface area contributed by atoms with Crippen LogP contribution < -0.4 is 11.1 Å². The first-order valence-corrected chi connectivity index (χ1v) is 8.30. The van der Waals surface area contributed by atoms with E-state index in [2.05, 4.69) is 21.2 Å². The molecule has 0 saturated heterocycles. The number of hydrogen-bond donors (Lipinski definition) is 2. The van der Waals surface area contributed by atoms with Crippen molar-refractivity contribution < 1.29 is 14.0 Å². The van der Waals surface area contributed by atoms with Gasteiger partial charge in [0.05, 0.1) is 12.6 Å². The Morgan fingerprint density at radius 1 is 1.39 bits per heavy atom. The summed E-state index contributed by atoms with van der Waals surface area (Å²) in [7, 11) is 0. The number of hydrogen-bond acceptors (Lipinski definition) is 3. The standard InChI is InChI=1S/C16H23BrFN3O2/c1-4-21(9-11-7-12(17)5-6-13(11)18)14(22)8-20-16(23)15(19)10(2)3/h5-7,10,15H,4,8-9,19H2,1-3H3,(H,20,23)/t15-/m0/s1. The van der Waals surface area contributed by atoms with Gasteiger partial charge < -0.3 is 16.0 Å². The molecule has 1 atom stereocenters. The van der Waals surface area contributed by atoms with Crippen LogP contribution in [0.5, 0.6) is 0 Å². The van der Waals surface area contributed by atoms with E-state index < -0.39 is 6.04 Å². The SMILES string of the molecule is CCN(Cc1cc(Br)ccc1F)C(=O)CNC(=O)[C@@H](N)C(C)C. The summed E-state index contributed by atoms with van der Waals surface area (Å²) in [5.41, 5.74) is 6.14. The molecule has 1 aromatic carbocycles. The topological polar surface area (TPSA) is 75.4 Å². The van der Waals surface area contributed by atoms with E-state index in [9.17, 15) is 14.0 Å². The van der Waals surface area contributed by atoms with Crippen molar-refractivity contribution in [3.8, 4) is 0 Å². The molecule has 0 aromatic heterocycles. The summed E-state index contributed by atoms with van der Waals surface area (Å²) in [5, 5.41) is 2.53. The maximum absolute atomic E-state index is 13.8. The van der Waals surface area contributed by atoms with Gasteiger partial charge in [0.25, 0.3) is 0 Å². The summed E-state index contributed by atoms with van der Waals surface area (Å²) in [6.45, 7) is 5.88. The molecule has 0 aliphatic carbocycles. The Morgan fingerprint density at radius 3 is 2.61 bits per heavy atom. The third kappa shape index (κ3) is 5.91. The molecule has 0 aliphatic heterocycles. The van der Waals surface area contributed by atoms with Crippen LogP contribution in [0.1, 0.15) is 26.3 Å². The highest BCUT2D eigenvalue weighted by Crippen LogP contribution is 2.17. The molecule has 0 unspecified atom stereocenters. The molecule has 0 bridgehead atoms. The van der Waals surface area contributed by atoms with E-state index >= 15 is 0 Å². The average Bonchev–Trinajstić information content (AvgIpc) is 2.51. The number of likely N-dealkylation sites (N-methyl/N-ethyl adjacent to an activating group) is 1. The van der Waals surface area contributed by atoms with Gasteiger partial charge in [0, 0.05) is 23.1 Å². The molecule has 7 heteroatoms. The Morgan fingerprint density at radius 2 is 2.04 bits per heavy atom. The Hall–Kier alpha value is -1.47. The Balaban J connectivity index is 2.65. The lowest BCUT2D eigenvalue weighted by molar-refractivity contribution is -0.133. The second kappa shape index (κ2) is 8.98. The number of amides is 2. The molecular weight excluding hydrogens is 365 g/mol. The van der Waals surface area contributed by atoms with Gasteiger partial charge in [-0.2, -0.15) is 0 Å². The lowest BCUT2D eigenvalue weighted by Gasteiger charge is -2.22. The van der Waals surface area contributed by atoms with Crippen LogP contribution in [0.2, 0.25) is 0 Å². The summed E-state index contributed by atoms with van der Waals surface area (Å²) in [5.74, 6) is -1.03. The Bertz CT molecular complexity index is 566. The highest BCUT2D eigenvalue weighted by atomic mass is 79.9. The molecule has 0 saturated carbocycles. The number of rotatable bonds is 7. The first-order chi connectivity index (χ1) is 10.8. The zero-order valence-electron chi connectivity index (χ0n) is 13.6. The van der Waals surface area contributed by atoms with Gasteiger partial charge >= 0.3 is 0 Å². The van der Waals surface area contributed by atoms with E-state index in [4.69, 9.17) is 5.73 Å². The van der Waals surface area contributed by atoms with Crippen molar-refractivity contribution >= 4 is 27.7 Å². The molecule has 0 fully saturated rings. The smallest absolute Gasteiger partial charge is 0.242 e. The number of nitrogens with one attached hydrogen (secondary N) is 1. The molecule has 0 radical (unpaired) electrons. The monoisotopic (exact) mass is 387 g/mol. The maximum atomic E-state index is 13.8. The molecule has 1 aromatic rings. The van der Waals surface area contributed by atoms with Crippen LogP contribution >= 0.6 is 15.9 Å². The normalized spacial score (nSPS) is 12.1. The molecule has 0 spiro atoms. The molecular formula is C16H23BrFN3O2. The van der Waals surface area contributed by atoms with Crippen molar-refractivity contribution in [1.29, 1.82) is 0 Å². The molecule has 5 nitrogen and oxygen atoms in total. The van der Waals surface area contributed by atoms with Gasteiger partial charge in [-0.05, 0) is 31.0 Å². The number of benzene rings is 1. The highest BCUT2D eigenvalue weighted by molar-refractivity contribution is 9.10. The lowest BCUT2D eigenvalue weighted by atomic mass is 10.1. The molecule has 3 N–H and O–H groups in total. The number of carbonyl (C=O) groups is 2. The van der Waals surface area contributed by atoms with Gasteiger partial charge in [-0.25, -0.2) is 4.39 Å². The largest absolute Gasteiger partial charge is 0.346 e. The second-order valence-electron chi connectivity index (χ2n) is 5.63. The fourth-order valence-electron chi connectivity index (χ4n) is 1.94. The lowest BCUT2D eigenvalue weighted by Crippen LogP contribution is -2.47. The number of nitrogens with zero attached hydrogens (tertiary/aromatic N) is 1. The van der Waals surface area contributed by atoms with Crippen molar-refractivity contribution in [2.45, 2.75) is 33.4 Å². The van der Waals surface area contributed by atoms with E-state index in [1.54, 1.807) is 19.1 Å². The minimum atomic E-state index is -0.652. The van der Waals surface area contributed by atoms with Crippen molar-refractivity contribution in [3.63, 3.8) is 0 Å². The van der Waals surface area contributed by atoms with Crippen LogP contribution in [-0.2, 0) is 16.1 Å². The predicted molar refractivity (Wildman–Crippen MR) is 91.0 cm³/mol. The predicted octanol–water partition coefficient (Wildman–Crippen LogP) is 2.04. The first-order valence-electron chi connectivity index (χ1n) is 7.51. The zero-order chi connectivity index (χ0) is 17.6. The summed E-state index contributed by atoms with van der Waals surface area (Å²) in [4.78, 5) is 25.5. The third-order valence-electron chi connectivity index (χ3n) is 3.54. The summed E-state index contributed by atoms with van der Waals surface area (Å²) in [6, 6.07) is 3.94. The van der Waals surface area contributed by atoms with Crippen LogP contribution in [0, 0.1) is 11.7 Å². The first kappa shape index (κ1) is 19.6. The van der Waals surface area contributed by atoms with Crippen LogP contribution in [0.3, 0.4) is 0 Å². The molecule has 128 valence electrons. The van der Waals surface area contributed by atoms with E-state index in [0.717, 1.165) is 4.47 Å². The molecule has 2 amide bonds. The Kier molecular flexibility index (Phi) is 7.64. The van der Waals surface area contributed by atoms with Crippen LogP contribution in [0.15, 0.2) is 22.7 Å². The molecule has 0 heterocycles. The minimum absolute atomic E-state index is 0.0110. The van der Waals surface area contributed by atoms with Gasteiger partial charge in [-0.15, -0.1) is 0 Å². The highest BCUT2D eigenvalue weighted by Gasteiger charge is 2.20. The Labute approximate surface area is 144 Å².